The number of hydrogen-bond donors (Lipinski definition) is 0. The first-order valence-electron chi connectivity index (χ1n) is 31.1. The molecule has 9 aromatic rings. The first-order valence-corrected chi connectivity index (χ1v) is 31.1. The molecule has 0 aliphatic carbocycles. The summed E-state index contributed by atoms with van der Waals surface area (Å²) in [6, 6.07) is 26.4. The van der Waals surface area contributed by atoms with E-state index in [1.165, 1.54) is 19.1 Å². The van der Waals surface area contributed by atoms with Crippen LogP contribution in [0.2, 0.25) is 0 Å². The molecule has 2 atom stereocenters. The Hall–Kier alpha value is -8.88. The minimum Gasteiger partial charge on any atom is -0.460 e. The number of aryl methyl sites for hydroxylation is 2. The van der Waals surface area contributed by atoms with E-state index in [1.54, 1.807) is 128 Å². The van der Waals surface area contributed by atoms with Gasteiger partial charge < -0.3 is 64.6 Å². The van der Waals surface area contributed by atoms with Crippen molar-refractivity contribution in [1.29, 1.82) is 0 Å². The molecule has 1 saturated heterocycles. The topological polar surface area (TPSA) is 191 Å². The second kappa shape index (κ2) is 26.0. The van der Waals surface area contributed by atoms with Gasteiger partial charge in [-0.15, -0.1) is 0 Å². The standard InChI is InChI=1S/C71H69BF5N3O15/c1-40-35-50(94-57(81)37-45-9-16-49(17-10-45)78-66(82)52-19-18-51-54-38-47(46-11-14-48(15-12-46)71(73,74)75)13-21-55(54)95-56-22-20-53(67(78)83)60(52)61(51)56)36-41(2)58(40)62-64-42(3)59(68(84)92-33-31-90-29-27-88-25-23-86-7)44(5)79(64)72(76,77)80-39-70(80,6)63(43(4)65(62)80)69(85)93-34-32-91-30-28-89-26-24-87-8/h9-22,35-36,38H,23-34,37,39H2,1-8H3. The Morgan fingerprint density at radius 3 is 1.75 bits per heavy atom. The largest absolute Gasteiger partial charge is 0.666 e. The van der Waals surface area contributed by atoms with E-state index in [0.29, 0.717) is 110 Å². The maximum Gasteiger partial charge on any atom is 0.666 e. The monoisotopic (exact) mass is 1310 g/mol. The molecule has 0 N–H and O–H groups in total. The Balaban J connectivity index is 0.818. The molecule has 0 bridgehead atoms. The first kappa shape index (κ1) is 66.2. The number of aromatic nitrogens is 2. The van der Waals surface area contributed by atoms with Gasteiger partial charge in [0, 0.05) is 52.4 Å². The minimum absolute atomic E-state index is 0.0207. The summed E-state index contributed by atoms with van der Waals surface area (Å²) in [4.78, 5) is 71.3. The molecule has 24 heteroatoms. The SMILES string of the molecule is COCCOCCOCCOC(=O)C1=C(C)C2=C(c3c(C)cc(OC(=O)Cc4ccc(-n5c(=O)c6ccc7oc8ccc(-c9ccc(C(F)(F)F)cc9)cc8c8ccc(c5=O)c6c78)cc4)cc3C)c3c(C)c(C(=O)OCCOCCOCCOC)c(C)n3[B-](F)(F)[N+]23CC13C. The van der Waals surface area contributed by atoms with E-state index in [-0.39, 0.29) is 115 Å². The molecule has 6 heterocycles. The fourth-order valence-electron chi connectivity index (χ4n) is 14.3. The van der Waals surface area contributed by atoms with Gasteiger partial charge in [-0.05, 0) is 158 Å². The molecule has 12 rings (SSSR count). The van der Waals surface area contributed by atoms with Gasteiger partial charge in [-0.3, -0.25) is 14.4 Å². The zero-order chi connectivity index (χ0) is 67.5. The van der Waals surface area contributed by atoms with Crippen LogP contribution in [0.25, 0.3) is 65.9 Å². The van der Waals surface area contributed by atoms with Gasteiger partial charge in [-0.1, -0.05) is 36.4 Å². The Labute approximate surface area is 541 Å². The zero-order valence-electron chi connectivity index (χ0n) is 53.6. The summed E-state index contributed by atoms with van der Waals surface area (Å²) in [6.07, 6.45) is -4.73. The molecular weight excluding hydrogens is 1240 g/mol. The van der Waals surface area contributed by atoms with Crippen LogP contribution in [0.5, 0.6) is 5.75 Å². The summed E-state index contributed by atoms with van der Waals surface area (Å²) in [7, 11) is 3.13. The van der Waals surface area contributed by atoms with Gasteiger partial charge in [-0.25, -0.2) is 14.2 Å². The molecule has 2 unspecified atom stereocenters. The van der Waals surface area contributed by atoms with Crippen LogP contribution in [0.4, 0.5) is 21.8 Å². The first-order chi connectivity index (χ1) is 45.5. The highest BCUT2D eigenvalue weighted by Crippen LogP contribution is 2.69. The van der Waals surface area contributed by atoms with Crippen molar-refractivity contribution in [2.24, 2.45) is 0 Å². The fraction of sp³-hybridized carbons (Fsp3) is 0.338. The normalized spacial score (nSPS) is 17.3. The maximum absolute atomic E-state index is 18.3. The number of rotatable bonds is 26. The van der Waals surface area contributed by atoms with Crippen LogP contribution in [0.3, 0.4) is 0 Å². The van der Waals surface area contributed by atoms with Gasteiger partial charge in [0.25, 0.3) is 11.1 Å². The molecule has 3 aromatic heterocycles. The number of halogens is 5. The molecule has 0 saturated carbocycles. The number of esters is 3. The summed E-state index contributed by atoms with van der Waals surface area (Å²) in [6.45, 7) is 7.43. The molecule has 3 aliphatic rings. The predicted octanol–water partition coefficient (Wildman–Crippen LogP) is 11.7. The van der Waals surface area contributed by atoms with Crippen molar-refractivity contribution in [3.8, 4) is 22.6 Å². The van der Waals surface area contributed by atoms with Crippen LogP contribution < -0.4 is 15.9 Å². The molecule has 0 amide bonds. The molecule has 1 spiro atoms. The summed E-state index contributed by atoms with van der Waals surface area (Å²) >= 11 is 0. The van der Waals surface area contributed by atoms with E-state index in [0.717, 1.165) is 21.2 Å². The molecule has 95 heavy (non-hydrogen) atoms. The van der Waals surface area contributed by atoms with Crippen molar-refractivity contribution in [1.82, 2.24) is 9.05 Å². The molecular formula is C71H69BF5N3O15. The van der Waals surface area contributed by atoms with Crippen molar-refractivity contribution < 1.29 is 87.6 Å². The number of nitrogens with zero attached hydrogens (tertiary/aromatic N) is 3. The number of quaternary nitrogens is 1. The van der Waals surface area contributed by atoms with E-state index < -0.39 is 57.7 Å². The molecule has 0 radical (unpaired) electrons. The number of hydrogen-bond acceptors (Lipinski definition) is 15. The highest BCUT2D eigenvalue weighted by Gasteiger charge is 2.84. The lowest BCUT2D eigenvalue weighted by atomic mass is 9.79. The lowest BCUT2D eigenvalue weighted by molar-refractivity contribution is -0.686. The molecule has 1 fully saturated rings. The number of fused-ring (bicyclic) bond motifs is 3. The predicted molar refractivity (Wildman–Crippen MR) is 345 cm³/mol. The number of methoxy groups -OCH3 is 2. The van der Waals surface area contributed by atoms with Gasteiger partial charge in [-0.2, -0.15) is 13.2 Å². The van der Waals surface area contributed by atoms with Gasteiger partial charge in [0.1, 0.15) is 53.5 Å². The van der Waals surface area contributed by atoms with E-state index in [9.17, 15) is 37.1 Å². The molecule has 18 nitrogen and oxygen atoms in total. The third-order valence-electron chi connectivity index (χ3n) is 18.5. The summed E-state index contributed by atoms with van der Waals surface area (Å²) in [5, 5.41) is 2.72. The second-order valence-corrected chi connectivity index (χ2v) is 24.2. The van der Waals surface area contributed by atoms with E-state index in [4.69, 9.17) is 47.0 Å². The highest BCUT2D eigenvalue weighted by molar-refractivity contribution is 6.59. The van der Waals surface area contributed by atoms with Crippen molar-refractivity contribution >= 4 is 73.9 Å². The van der Waals surface area contributed by atoms with Crippen molar-refractivity contribution in [2.45, 2.75) is 59.7 Å². The quantitative estimate of drug-likeness (QED) is 0.00726. The van der Waals surface area contributed by atoms with Crippen LogP contribution in [-0.2, 0) is 60.1 Å². The van der Waals surface area contributed by atoms with E-state index in [2.05, 4.69) is 0 Å². The zero-order valence-corrected chi connectivity index (χ0v) is 53.6. The van der Waals surface area contributed by atoms with Gasteiger partial charge in [0.2, 0.25) is 0 Å². The van der Waals surface area contributed by atoms with Gasteiger partial charge in [0.05, 0.1) is 94.9 Å². The number of carbonyl (C=O) groups is 3. The van der Waals surface area contributed by atoms with Crippen LogP contribution in [-0.4, -0.2) is 144 Å². The number of carbonyl (C=O) groups excluding carboxylic acids is 3. The Morgan fingerprint density at radius 1 is 0.621 bits per heavy atom. The van der Waals surface area contributed by atoms with Crippen molar-refractivity contribution in [3.63, 3.8) is 0 Å². The Morgan fingerprint density at radius 2 is 1.16 bits per heavy atom. The Bertz CT molecular complexity index is 4670. The van der Waals surface area contributed by atoms with E-state index in [1.807, 2.05) is 0 Å². The summed E-state index contributed by atoms with van der Waals surface area (Å²) in [5.74, 6) is -2.08. The fourth-order valence-corrected chi connectivity index (χ4v) is 14.3. The summed E-state index contributed by atoms with van der Waals surface area (Å²) in [5.41, 5.74) is 2.26. The smallest absolute Gasteiger partial charge is 0.460 e. The third kappa shape index (κ3) is 11.5. The number of pyridine rings is 1. The van der Waals surface area contributed by atoms with Crippen LogP contribution in [0.1, 0.15) is 69.0 Å². The lowest BCUT2D eigenvalue weighted by Gasteiger charge is -2.45. The number of ether oxygens (including phenoxy) is 9. The van der Waals surface area contributed by atoms with Crippen LogP contribution in [0, 0.1) is 27.7 Å². The van der Waals surface area contributed by atoms with Crippen LogP contribution >= 0.6 is 0 Å². The molecule has 6 aromatic carbocycles. The lowest BCUT2D eigenvalue weighted by Crippen LogP contribution is -2.60. The van der Waals surface area contributed by atoms with Crippen molar-refractivity contribution in [3.05, 3.63) is 191 Å². The molecule has 496 valence electrons. The minimum atomic E-state index is -4.70. The van der Waals surface area contributed by atoms with Crippen LogP contribution in [0.15, 0.2) is 134 Å². The van der Waals surface area contributed by atoms with Crippen molar-refractivity contribution in [2.75, 3.05) is 100 Å². The average Bonchev–Trinajstić information content (AvgIpc) is 1.44. The Kier molecular flexibility index (Phi) is 18.1. The number of allylic oxidation sites excluding steroid dienone is 1. The average molecular weight is 1310 g/mol. The second-order valence-electron chi connectivity index (χ2n) is 24.2. The number of benzene rings is 6. The summed E-state index contributed by atoms with van der Waals surface area (Å²) < 4.78 is 134. The molecule has 3 aliphatic heterocycles. The van der Waals surface area contributed by atoms with Gasteiger partial charge in [0.15, 0.2) is 0 Å². The maximum atomic E-state index is 18.3. The van der Waals surface area contributed by atoms with E-state index >= 15 is 8.63 Å². The highest BCUT2D eigenvalue weighted by atomic mass is 19.4. The third-order valence-corrected chi connectivity index (χ3v) is 18.5. The van der Waals surface area contributed by atoms with Gasteiger partial charge >= 0.3 is 31.1 Å². The number of alkyl halides is 3.